The Hall–Kier alpha value is -2.72. The molecule has 10 heteroatoms. The lowest BCUT2D eigenvalue weighted by Crippen LogP contribution is -2.30. The fourth-order valence-corrected chi connectivity index (χ4v) is 3.02. The average Bonchev–Trinajstić information content (AvgIpc) is 2.99. The van der Waals surface area contributed by atoms with Crippen LogP contribution in [0.2, 0.25) is 0 Å². The topological polar surface area (TPSA) is 128 Å². The Kier molecular flexibility index (Phi) is 6.11. The highest BCUT2D eigenvalue weighted by Gasteiger charge is 2.21. The van der Waals surface area contributed by atoms with Crippen molar-refractivity contribution in [2.75, 3.05) is 11.9 Å². The van der Waals surface area contributed by atoms with Crippen molar-refractivity contribution in [2.24, 2.45) is 0 Å². The van der Waals surface area contributed by atoms with Crippen LogP contribution in [0.4, 0.5) is 5.82 Å². The number of aryl methyl sites for hydroxylation is 1. The fourth-order valence-electron chi connectivity index (χ4n) is 1.98. The summed E-state index contributed by atoms with van der Waals surface area (Å²) in [6.45, 7) is 5.00. The Balaban J connectivity index is 1.99. The molecule has 1 aromatic heterocycles. The van der Waals surface area contributed by atoms with E-state index in [0.717, 1.165) is 0 Å². The molecule has 0 radical (unpaired) electrons. The van der Waals surface area contributed by atoms with Gasteiger partial charge in [0.15, 0.2) is 11.9 Å². The van der Waals surface area contributed by atoms with Crippen LogP contribution in [0.5, 0.6) is 0 Å². The highest BCUT2D eigenvalue weighted by atomic mass is 32.2. The van der Waals surface area contributed by atoms with Crippen LogP contribution in [0, 0.1) is 6.92 Å². The molecule has 0 spiro atoms. The highest BCUT2D eigenvalue weighted by Crippen LogP contribution is 2.13. The van der Waals surface area contributed by atoms with E-state index in [1.54, 1.807) is 13.8 Å². The third-order valence-corrected chi connectivity index (χ3v) is 4.83. The van der Waals surface area contributed by atoms with Crippen molar-refractivity contribution >= 4 is 27.7 Å². The molecule has 9 nitrogen and oxygen atoms in total. The van der Waals surface area contributed by atoms with Crippen LogP contribution in [-0.4, -0.2) is 38.1 Å². The van der Waals surface area contributed by atoms with Crippen LogP contribution in [-0.2, 0) is 19.6 Å². The third-order valence-electron chi connectivity index (χ3n) is 3.27. The van der Waals surface area contributed by atoms with Crippen molar-refractivity contribution < 1.29 is 27.3 Å². The zero-order valence-corrected chi connectivity index (χ0v) is 15.3. The van der Waals surface area contributed by atoms with Crippen LogP contribution in [0.3, 0.4) is 0 Å². The molecule has 1 heterocycles. The second kappa shape index (κ2) is 8.11. The van der Waals surface area contributed by atoms with E-state index in [1.165, 1.54) is 37.3 Å². The molecule has 2 rings (SSSR count). The number of sulfonamides is 1. The van der Waals surface area contributed by atoms with Gasteiger partial charge in [0.1, 0.15) is 5.76 Å². The number of anilines is 1. The zero-order chi connectivity index (χ0) is 19.3. The molecular formula is C16H19N3O6S. The summed E-state index contributed by atoms with van der Waals surface area (Å²) >= 11 is 0. The first-order valence-electron chi connectivity index (χ1n) is 7.78. The molecule has 26 heavy (non-hydrogen) atoms. The summed E-state index contributed by atoms with van der Waals surface area (Å²) in [7, 11) is -3.60. The molecule has 0 aliphatic carbocycles. The molecule has 0 fully saturated rings. The first-order chi connectivity index (χ1) is 12.2. The SMILES string of the molecule is CCNS(=O)(=O)c1ccc(C(=O)O[C@H](C)C(=O)Nc2cc(C)on2)cc1. The summed E-state index contributed by atoms with van der Waals surface area (Å²) in [5, 5.41) is 6.07. The number of hydrogen-bond acceptors (Lipinski definition) is 7. The van der Waals surface area contributed by atoms with Crippen LogP contribution in [0.1, 0.15) is 30.0 Å². The highest BCUT2D eigenvalue weighted by molar-refractivity contribution is 7.89. The first kappa shape index (κ1) is 19.6. The van der Waals surface area contributed by atoms with Gasteiger partial charge >= 0.3 is 5.97 Å². The number of ether oxygens (including phenoxy) is 1. The van der Waals surface area contributed by atoms with Gasteiger partial charge in [-0.25, -0.2) is 17.9 Å². The first-order valence-corrected chi connectivity index (χ1v) is 9.26. The Morgan fingerprint density at radius 3 is 2.46 bits per heavy atom. The van der Waals surface area contributed by atoms with Gasteiger partial charge in [-0.15, -0.1) is 0 Å². The van der Waals surface area contributed by atoms with Crippen molar-refractivity contribution in [3.05, 3.63) is 41.7 Å². The number of nitrogens with one attached hydrogen (secondary N) is 2. The molecule has 2 N–H and O–H groups in total. The normalized spacial score (nSPS) is 12.4. The van der Waals surface area contributed by atoms with E-state index in [9.17, 15) is 18.0 Å². The molecule has 0 bridgehead atoms. The molecule has 0 saturated carbocycles. The molecule has 0 saturated heterocycles. The second-order valence-corrected chi connectivity index (χ2v) is 7.15. The Bertz CT molecular complexity index is 889. The number of amides is 1. The van der Waals surface area contributed by atoms with E-state index in [-0.39, 0.29) is 22.8 Å². The maximum atomic E-state index is 12.1. The Morgan fingerprint density at radius 2 is 1.92 bits per heavy atom. The number of esters is 1. The lowest BCUT2D eigenvalue weighted by molar-refractivity contribution is -0.123. The fraction of sp³-hybridized carbons (Fsp3) is 0.312. The van der Waals surface area contributed by atoms with Crippen LogP contribution in [0.25, 0.3) is 0 Å². The maximum Gasteiger partial charge on any atom is 0.338 e. The smallest absolute Gasteiger partial charge is 0.338 e. The van der Waals surface area contributed by atoms with Gasteiger partial charge < -0.3 is 14.6 Å². The van der Waals surface area contributed by atoms with E-state index in [0.29, 0.717) is 5.76 Å². The average molecular weight is 381 g/mol. The predicted molar refractivity (Wildman–Crippen MR) is 92.1 cm³/mol. The number of carbonyl (C=O) groups excluding carboxylic acids is 2. The molecule has 1 amide bonds. The monoisotopic (exact) mass is 381 g/mol. The molecule has 140 valence electrons. The Labute approximate surface area is 150 Å². The number of hydrogen-bond donors (Lipinski definition) is 2. The summed E-state index contributed by atoms with van der Waals surface area (Å²) in [5.41, 5.74) is 0.123. The van der Waals surface area contributed by atoms with Gasteiger partial charge in [0.2, 0.25) is 10.0 Å². The third kappa shape index (κ3) is 4.90. The van der Waals surface area contributed by atoms with Gasteiger partial charge in [-0.05, 0) is 38.1 Å². The van der Waals surface area contributed by atoms with Crippen LogP contribution < -0.4 is 10.0 Å². The van der Waals surface area contributed by atoms with Gasteiger partial charge in [-0.1, -0.05) is 12.1 Å². The van der Waals surface area contributed by atoms with Crippen LogP contribution in [0.15, 0.2) is 39.8 Å². The van der Waals surface area contributed by atoms with Crippen LogP contribution >= 0.6 is 0 Å². The number of rotatable bonds is 7. The van der Waals surface area contributed by atoms with Gasteiger partial charge in [-0.2, -0.15) is 0 Å². The van der Waals surface area contributed by atoms with E-state index in [2.05, 4.69) is 15.2 Å². The summed E-state index contributed by atoms with van der Waals surface area (Å²) in [4.78, 5) is 24.1. The largest absolute Gasteiger partial charge is 0.449 e. The molecule has 0 aliphatic heterocycles. The van der Waals surface area contributed by atoms with Crippen molar-refractivity contribution in [3.63, 3.8) is 0 Å². The minimum Gasteiger partial charge on any atom is -0.449 e. The van der Waals surface area contributed by atoms with Crippen molar-refractivity contribution in [1.29, 1.82) is 0 Å². The Morgan fingerprint density at radius 1 is 1.27 bits per heavy atom. The lowest BCUT2D eigenvalue weighted by Gasteiger charge is -2.12. The van der Waals surface area contributed by atoms with E-state index < -0.39 is 28.0 Å². The maximum absolute atomic E-state index is 12.1. The minimum absolute atomic E-state index is 0.0306. The van der Waals surface area contributed by atoms with Gasteiger partial charge in [-0.3, -0.25) is 4.79 Å². The summed E-state index contributed by atoms with van der Waals surface area (Å²) in [5.74, 6) is -0.583. The van der Waals surface area contributed by atoms with E-state index >= 15 is 0 Å². The quantitative estimate of drug-likeness (QED) is 0.695. The van der Waals surface area contributed by atoms with Gasteiger partial charge in [0.25, 0.3) is 5.91 Å². The van der Waals surface area contributed by atoms with E-state index in [1.807, 2.05) is 0 Å². The molecule has 2 aromatic rings. The van der Waals surface area contributed by atoms with Crippen molar-refractivity contribution in [1.82, 2.24) is 9.88 Å². The second-order valence-electron chi connectivity index (χ2n) is 5.39. The van der Waals surface area contributed by atoms with Gasteiger partial charge in [0, 0.05) is 12.6 Å². The molecule has 0 aliphatic rings. The minimum atomic E-state index is -3.60. The zero-order valence-electron chi connectivity index (χ0n) is 14.5. The summed E-state index contributed by atoms with van der Waals surface area (Å²) in [6, 6.07) is 6.74. The summed E-state index contributed by atoms with van der Waals surface area (Å²) < 4.78 is 36.0. The molecule has 1 aromatic carbocycles. The number of carbonyl (C=O) groups is 2. The predicted octanol–water partition coefficient (Wildman–Crippen LogP) is 1.47. The number of benzene rings is 1. The van der Waals surface area contributed by atoms with Gasteiger partial charge in [0.05, 0.1) is 10.5 Å². The number of nitrogens with zero attached hydrogens (tertiary/aromatic N) is 1. The molecule has 0 unspecified atom stereocenters. The van der Waals surface area contributed by atoms with Crippen molar-refractivity contribution in [3.8, 4) is 0 Å². The van der Waals surface area contributed by atoms with E-state index in [4.69, 9.17) is 9.26 Å². The summed E-state index contributed by atoms with van der Waals surface area (Å²) in [6.07, 6.45) is -1.08. The standard InChI is InChI=1S/C16H19N3O6S/c1-4-17-26(22,23)13-7-5-12(6-8-13)16(21)24-11(3)15(20)18-14-9-10(2)25-19-14/h5-9,11,17H,4H2,1-3H3,(H,18,19,20)/t11-/m1/s1. The molecular weight excluding hydrogens is 362 g/mol. The molecule has 1 atom stereocenters. The van der Waals surface area contributed by atoms with Crippen molar-refractivity contribution in [2.45, 2.75) is 31.8 Å². The number of aromatic nitrogens is 1. The lowest BCUT2D eigenvalue weighted by atomic mass is 10.2.